The molecule has 0 aliphatic heterocycles. The van der Waals surface area contributed by atoms with Gasteiger partial charge in [-0.1, -0.05) is 0 Å². The third-order valence-electron chi connectivity index (χ3n) is 7.56. The normalized spacial score (nSPS) is 20.7. The Hall–Kier alpha value is -5.18. The van der Waals surface area contributed by atoms with Gasteiger partial charge in [0.05, 0.1) is 33.8 Å². The van der Waals surface area contributed by atoms with E-state index in [0.717, 1.165) is 26.2 Å². The molecule has 0 radical (unpaired) electrons. The van der Waals surface area contributed by atoms with Crippen LogP contribution in [0.3, 0.4) is 0 Å². The van der Waals surface area contributed by atoms with E-state index in [2.05, 4.69) is 20.9 Å². The van der Waals surface area contributed by atoms with Crippen molar-refractivity contribution in [3.63, 3.8) is 0 Å². The topological polar surface area (TPSA) is 175 Å². The number of halogens is 8. The van der Waals surface area contributed by atoms with Gasteiger partial charge < -0.3 is 5.73 Å². The number of tetrazole rings is 2. The van der Waals surface area contributed by atoms with Crippen molar-refractivity contribution < 1.29 is 40.0 Å². The highest BCUT2D eigenvalue weighted by Gasteiger charge is 2.58. The van der Waals surface area contributed by atoms with E-state index in [-0.39, 0.29) is 41.0 Å². The van der Waals surface area contributed by atoms with Crippen molar-refractivity contribution in [3.8, 4) is 11.4 Å². The minimum absolute atomic E-state index is 0.0220. The molecule has 2 saturated carbocycles. The van der Waals surface area contributed by atoms with Gasteiger partial charge in [0, 0.05) is 20.2 Å². The quantitative estimate of drug-likeness (QED) is 0.146. The smallest absolute Gasteiger partial charge is 0.392 e. The minimum Gasteiger partial charge on any atom is -0.396 e. The van der Waals surface area contributed by atoms with Gasteiger partial charge >= 0.3 is 29.4 Å². The van der Waals surface area contributed by atoms with E-state index in [1.54, 1.807) is 0 Å². The fourth-order valence-corrected chi connectivity index (χ4v) is 4.99. The van der Waals surface area contributed by atoms with Crippen molar-refractivity contribution in [2.75, 3.05) is 5.73 Å². The number of benzene rings is 2. The lowest BCUT2D eigenvalue weighted by Crippen LogP contribution is -2.23. The van der Waals surface area contributed by atoms with Gasteiger partial charge in [-0.05, 0) is 74.9 Å². The number of nitro groups is 1. The summed E-state index contributed by atoms with van der Waals surface area (Å²) in [6.07, 6.45) is -9.29. The van der Waals surface area contributed by atoms with Crippen LogP contribution >= 0.6 is 0 Å². The third-order valence-corrected chi connectivity index (χ3v) is 7.56. The number of anilines is 1. The number of nitrogen functional groups attached to an aromatic ring is 1. The highest BCUT2D eigenvalue weighted by atomic mass is 19.4. The highest BCUT2D eigenvalue weighted by Crippen LogP contribution is 2.58. The Morgan fingerprint density at radius 3 is 1.52 bits per heavy atom. The first-order chi connectivity index (χ1) is 21.3. The van der Waals surface area contributed by atoms with Crippen LogP contribution in [0.25, 0.3) is 11.4 Å². The van der Waals surface area contributed by atoms with Crippen molar-refractivity contribution in [3.05, 3.63) is 78.1 Å². The monoisotopic (exact) mass is 664 g/mol. The van der Waals surface area contributed by atoms with Gasteiger partial charge in [-0.2, -0.15) is 49.5 Å². The van der Waals surface area contributed by atoms with E-state index >= 15 is 0 Å². The Morgan fingerprint density at radius 2 is 1.17 bits per heavy atom. The number of nitrogens with two attached hydrogens (primary N) is 1. The van der Waals surface area contributed by atoms with Crippen LogP contribution in [0.1, 0.15) is 35.8 Å². The van der Waals surface area contributed by atoms with E-state index < -0.39 is 69.6 Å². The van der Waals surface area contributed by atoms with Crippen LogP contribution in [-0.2, 0) is 14.1 Å². The molecule has 46 heavy (non-hydrogen) atoms. The first-order valence-corrected chi connectivity index (χ1v) is 13.0. The van der Waals surface area contributed by atoms with Crippen LogP contribution in [0, 0.1) is 33.6 Å². The molecule has 2 fully saturated rings. The lowest BCUT2D eigenvalue weighted by Gasteiger charge is -2.11. The van der Waals surface area contributed by atoms with Crippen molar-refractivity contribution in [1.29, 1.82) is 0 Å². The summed E-state index contributed by atoms with van der Waals surface area (Å²) in [6, 6.07) is 3.40. The van der Waals surface area contributed by atoms with Gasteiger partial charge in [0.15, 0.2) is 0 Å². The molecule has 22 heteroatoms. The van der Waals surface area contributed by atoms with Gasteiger partial charge in [-0.25, -0.2) is 14.0 Å². The first kappa shape index (κ1) is 32.2. The average Bonchev–Trinajstić information content (AvgIpc) is 3.86. The molecular formula is C24H20F8N10O4. The maximum absolute atomic E-state index is 13.9. The van der Waals surface area contributed by atoms with Crippen molar-refractivity contribution in [1.82, 2.24) is 39.6 Å². The highest BCUT2D eigenvalue weighted by molar-refractivity contribution is 5.56. The molecule has 2 heterocycles. The van der Waals surface area contributed by atoms with E-state index in [0.29, 0.717) is 16.8 Å². The maximum Gasteiger partial charge on any atom is 0.392 e. The second-order valence-corrected chi connectivity index (χ2v) is 10.6. The van der Waals surface area contributed by atoms with E-state index in [9.17, 15) is 54.8 Å². The summed E-state index contributed by atoms with van der Waals surface area (Å²) in [7, 11) is 2.59. The van der Waals surface area contributed by atoms with Gasteiger partial charge in [-0.3, -0.25) is 10.1 Å². The summed E-state index contributed by atoms with van der Waals surface area (Å²) >= 11 is 0. The number of alkyl halides is 6. The zero-order valence-corrected chi connectivity index (χ0v) is 23.3. The number of rotatable bonds is 5. The number of aryl methyl sites for hydroxylation is 2. The molecule has 0 spiro atoms. The van der Waals surface area contributed by atoms with Gasteiger partial charge in [0.2, 0.25) is 5.82 Å². The Bertz CT molecular complexity index is 1960. The standard InChI is InChI=1S/C12H9F4N5O3.C12H11F4N5O/c1-19-11(22)20(18-17-19)9-4-10(21(23)24)8(13)3-6(9)5-2-7(5)12(14,15)16;1-20-11(22)21(19-18-20)10-4-9(17)8(13)3-6(10)5-2-7(5)12(14,15)16/h3-5,7H,2H2,1H3;3-5,7H,2,17H2,1H3/t2*5-,7+/m11/s1. The summed E-state index contributed by atoms with van der Waals surface area (Å²) < 4.78 is 107. The number of nitro benzene ring substituents is 1. The summed E-state index contributed by atoms with van der Waals surface area (Å²) in [6.45, 7) is 0. The lowest BCUT2D eigenvalue weighted by molar-refractivity contribution is -0.387. The third kappa shape index (κ3) is 5.92. The Morgan fingerprint density at radius 1 is 0.761 bits per heavy atom. The van der Waals surface area contributed by atoms with Crippen molar-refractivity contribution in [2.24, 2.45) is 25.9 Å². The Labute approximate surface area is 249 Å². The molecule has 2 aromatic heterocycles. The molecule has 4 atom stereocenters. The molecule has 2 aliphatic carbocycles. The predicted molar refractivity (Wildman–Crippen MR) is 138 cm³/mol. The Balaban J connectivity index is 0.000000182. The molecule has 0 unspecified atom stereocenters. The SMILES string of the molecule is Cn1nnn(-c2cc(N)c(F)cc2[C@H]2C[C@@H]2C(F)(F)F)c1=O.Cn1nnn(-c2cc([N+](=O)[O-])c(F)cc2[C@H]2C[C@@H]2C(F)(F)F)c1=O. The largest absolute Gasteiger partial charge is 0.396 e. The van der Waals surface area contributed by atoms with Crippen LogP contribution in [0.15, 0.2) is 33.9 Å². The minimum atomic E-state index is -4.48. The number of hydrogen-bond acceptors (Lipinski definition) is 9. The summed E-state index contributed by atoms with van der Waals surface area (Å²) in [5, 5.41) is 24.8. The zero-order valence-electron chi connectivity index (χ0n) is 23.3. The molecule has 2 N–H and O–H groups in total. The van der Waals surface area contributed by atoms with Crippen LogP contribution in [0.5, 0.6) is 0 Å². The number of nitrogens with zero attached hydrogens (tertiary/aromatic N) is 9. The molecular weight excluding hydrogens is 644 g/mol. The molecule has 0 saturated heterocycles. The van der Waals surface area contributed by atoms with Crippen LogP contribution in [0.2, 0.25) is 0 Å². The molecule has 14 nitrogen and oxygen atoms in total. The number of aromatic nitrogens is 8. The predicted octanol–water partition coefficient (Wildman–Crippen LogP) is 3.03. The Kier molecular flexibility index (Phi) is 7.71. The molecule has 2 aromatic carbocycles. The van der Waals surface area contributed by atoms with Crippen LogP contribution < -0.4 is 17.1 Å². The first-order valence-electron chi connectivity index (χ1n) is 13.0. The van der Waals surface area contributed by atoms with Crippen molar-refractivity contribution in [2.45, 2.75) is 37.0 Å². The fraction of sp³-hybridized carbons (Fsp3) is 0.417. The van der Waals surface area contributed by atoms with E-state index in [1.165, 1.54) is 14.1 Å². The fourth-order valence-electron chi connectivity index (χ4n) is 4.99. The van der Waals surface area contributed by atoms with E-state index in [4.69, 9.17) is 5.73 Å². The summed E-state index contributed by atoms with van der Waals surface area (Å²) in [5.41, 5.74) is 2.37. The summed E-state index contributed by atoms with van der Waals surface area (Å²) in [4.78, 5) is 33.7. The van der Waals surface area contributed by atoms with Gasteiger partial charge in [0.1, 0.15) is 5.82 Å². The molecule has 0 amide bonds. The van der Waals surface area contributed by atoms with Crippen LogP contribution in [0.4, 0.5) is 46.5 Å². The average molecular weight is 664 g/mol. The molecule has 0 bridgehead atoms. The maximum atomic E-state index is 13.9. The van der Waals surface area contributed by atoms with E-state index in [1.807, 2.05) is 0 Å². The van der Waals surface area contributed by atoms with Gasteiger partial charge in [-0.15, -0.1) is 0 Å². The number of hydrogen-bond donors (Lipinski definition) is 1. The second kappa shape index (κ2) is 11.0. The molecule has 246 valence electrons. The summed E-state index contributed by atoms with van der Waals surface area (Å²) in [5.74, 6) is -7.36. The lowest BCUT2D eigenvalue weighted by atomic mass is 10.0. The molecule has 2 aliphatic rings. The van der Waals surface area contributed by atoms with Gasteiger partial charge in [0.25, 0.3) is 0 Å². The second-order valence-electron chi connectivity index (χ2n) is 10.6. The zero-order chi connectivity index (χ0) is 34.0. The molecule has 6 rings (SSSR count). The molecule has 4 aromatic rings. The van der Waals surface area contributed by atoms with Crippen molar-refractivity contribution >= 4 is 11.4 Å². The van der Waals surface area contributed by atoms with Crippen LogP contribution in [-0.4, -0.2) is 56.9 Å².